The summed E-state index contributed by atoms with van der Waals surface area (Å²) < 4.78 is 12.2. The van der Waals surface area contributed by atoms with Crippen molar-refractivity contribution in [1.29, 1.82) is 0 Å². The molecule has 0 aromatic heterocycles. The summed E-state index contributed by atoms with van der Waals surface area (Å²) in [6.45, 7) is 10.4. The van der Waals surface area contributed by atoms with Gasteiger partial charge in [0.1, 0.15) is 0 Å². The van der Waals surface area contributed by atoms with Crippen molar-refractivity contribution < 1.29 is 8.85 Å². The van der Waals surface area contributed by atoms with Crippen LogP contribution in [0.3, 0.4) is 0 Å². The first-order chi connectivity index (χ1) is 19.2. The predicted octanol–water partition coefficient (Wildman–Crippen LogP) is 13.5. The van der Waals surface area contributed by atoms with Crippen LogP contribution in [-0.4, -0.2) is 21.8 Å². The quantitative estimate of drug-likeness (QED) is 0.0567. The lowest BCUT2D eigenvalue weighted by molar-refractivity contribution is 0.182. The standard InChI is InChI=1S/C36H76O2Si/c1-5-9-10-11-12-13-14-15-16-17-18-19-20-21-22-23-24-25-26-27-28-29-30-31-32-33-34-35-36-39(8-4,37-6-2)38-7-3/h5-36H2,1-4H3. The van der Waals surface area contributed by atoms with E-state index >= 15 is 0 Å². The first kappa shape index (κ1) is 39.1. The highest BCUT2D eigenvalue weighted by Crippen LogP contribution is 2.23. The second-order valence-corrected chi connectivity index (χ2v) is 16.0. The Hall–Kier alpha value is 0.137. The van der Waals surface area contributed by atoms with Gasteiger partial charge in [0.2, 0.25) is 0 Å². The van der Waals surface area contributed by atoms with E-state index in [9.17, 15) is 0 Å². The average molecular weight is 569 g/mol. The predicted molar refractivity (Wildman–Crippen MR) is 179 cm³/mol. The van der Waals surface area contributed by atoms with Gasteiger partial charge in [-0.3, -0.25) is 0 Å². The van der Waals surface area contributed by atoms with Crippen molar-refractivity contribution in [1.82, 2.24) is 0 Å². The van der Waals surface area contributed by atoms with Gasteiger partial charge < -0.3 is 8.85 Å². The van der Waals surface area contributed by atoms with Gasteiger partial charge in [0.15, 0.2) is 0 Å². The molecular weight excluding hydrogens is 492 g/mol. The van der Waals surface area contributed by atoms with E-state index in [1.165, 1.54) is 186 Å². The first-order valence-corrected chi connectivity index (χ1v) is 20.8. The van der Waals surface area contributed by atoms with E-state index in [1.807, 2.05) is 0 Å². The Labute approximate surface area is 249 Å². The summed E-state index contributed by atoms with van der Waals surface area (Å²) in [5.41, 5.74) is 0. The summed E-state index contributed by atoms with van der Waals surface area (Å²) in [6, 6.07) is 2.28. The molecule has 0 bridgehead atoms. The zero-order valence-electron chi connectivity index (χ0n) is 27.9. The number of unbranched alkanes of at least 4 members (excludes halogenated alkanes) is 27. The van der Waals surface area contributed by atoms with E-state index in [1.54, 1.807) is 0 Å². The Morgan fingerprint density at radius 3 is 0.744 bits per heavy atom. The van der Waals surface area contributed by atoms with Crippen LogP contribution in [0.1, 0.15) is 207 Å². The van der Waals surface area contributed by atoms with Gasteiger partial charge in [0.05, 0.1) is 0 Å². The van der Waals surface area contributed by atoms with Crippen LogP contribution >= 0.6 is 0 Å². The van der Waals surface area contributed by atoms with E-state index in [-0.39, 0.29) is 0 Å². The Balaban J connectivity index is 3.21. The average Bonchev–Trinajstić information content (AvgIpc) is 2.94. The Kier molecular flexibility index (Phi) is 32.8. The van der Waals surface area contributed by atoms with Crippen molar-refractivity contribution in [2.75, 3.05) is 13.2 Å². The minimum absolute atomic E-state index is 0.805. The van der Waals surface area contributed by atoms with Crippen LogP contribution in [0.15, 0.2) is 0 Å². The topological polar surface area (TPSA) is 18.5 Å². The highest BCUT2D eigenvalue weighted by atomic mass is 28.4. The first-order valence-electron chi connectivity index (χ1n) is 18.5. The van der Waals surface area contributed by atoms with E-state index in [2.05, 4.69) is 27.7 Å². The third-order valence-corrected chi connectivity index (χ3v) is 12.6. The fourth-order valence-electron chi connectivity index (χ4n) is 6.16. The third-order valence-electron chi connectivity index (χ3n) is 8.76. The molecule has 2 nitrogen and oxygen atoms in total. The molecule has 0 saturated heterocycles. The van der Waals surface area contributed by atoms with Crippen LogP contribution in [0, 0.1) is 0 Å². The highest BCUT2D eigenvalue weighted by Gasteiger charge is 2.34. The van der Waals surface area contributed by atoms with Crippen molar-refractivity contribution in [3.63, 3.8) is 0 Å². The number of hydrogen-bond donors (Lipinski definition) is 0. The molecule has 0 aromatic carbocycles. The second-order valence-electron chi connectivity index (χ2n) is 12.4. The molecule has 0 aliphatic heterocycles. The summed E-state index contributed by atoms with van der Waals surface area (Å²) in [4.78, 5) is 0. The summed E-state index contributed by atoms with van der Waals surface area (Å²) in [6.07, 6.45) is 40.7. The van der Waals surface area contributed by atoms with Gasteiger partial charge in [-0.1, -0.05) is 194 Å². The van der Waals surface area contributed by atoms with Crippen molar-refractivity contribution in [2.24, 2.45) is 0 Å². The van der Waals surface area contributed by atoms with E-state index in [4.69, 9.17) is 8.85 Å². The number of hydrogen-bond acceptors (Lipinski definition) is 2. The molecule has 0 unspecified atom stereocenters. The molecule has 236 valence electrons. The highest BCUT2D eigenvalue weighted by molar-refractivity contribution is 6.67. The van der Waals surface area contributed by atoms with Crippen LogP contribution in [0.4, 0.5) is 0 Å². The Morgan fingerprint density at radius 1 is 0.308 bits per heavy atom. The van der Waals surface area contributed by atoms with Crippen molar-refractivity contribution in [2.45, 2.75) is 220 Å². The molecule has 0 amide bonds. The summed E-state index contributed by atoms with van der Waals surface area (Å²) in [5.74, 6) is 0. The molecule has 0 aliphatic rings. The van der Waals surface area contributed by atoms with Gasteiger partial charge in [0, 0.05) is 13.2 Å². The molecule has 0 saturated carbocycles. The Bertz CT molecular complexity index is 436. The molecular formula is C36H76O2Si. The molecule has 3 heteroatoms. The van der Waals surface area contributed by atoms with Crippen LogP contribution in [-0.2, 0) is 8.85 Å². The monoisotopic (exact) mass is 569 g/mol. The van der Waals surface area contributed by atoms with Crippen molar-refractivity contribution >= 4 is 8.56 Å². The number of rotatable bonds is 34. The normalized spacial score (nSPS) is 12.0. The van der Waals surface area contributed by atoms with Gasteiger partial charge >= 0.3 is 8.56 Å². The molecule has 0 radical (unpaired) electrons. The van der Waals surface area contributed by atoms with Gasteiger partial charge in [0.25, 0.3) is 0 Å². The van der Waals surface area contributed by atoms with Crippen LogP contribution in [0.2, 0.25) is 12.1 Å². The minimum Gasteiger partial charge on any atom is -0.394 e. The van der Waals surface area contributed by atoms with E-state index in [0.29, 0.717) is 0 Å². The van der Waals surface area contributed by atoms with Crippen LogP contribution in [0.25, 0.3) is 0 Å². The smallest absolute Gasteiger partial charge is 0.337 e. The Morgan fingerprint density at radius 2 is 0.538 bits per heavy atom. The molecule has 0 rings (SSSR count). The molecule has 39 heavy (non-hydrogen) atoms. The third kappa shape index (κ3) is 28.0. The van der Waals surface area contributed by atoms with Crippen LogP contribution < -0.4 is 0 Å². The molecule has 0 spiro atoms. The van der Waals surface area contributed by atoms with Gasteiger partial charge in [-0.25, -0.2) is 0 Å². The molecule has 0 N–H and O–H groups in total. The zero-order valence-corrected chi connectivity index (χ0v) is 28.9. The van der Waals surface area contributed by atoms with E-state index in [0.717, 1.165) is 19.3 Å². The largest absolute Gasteiger partial charge is 0.394 e. The van der Waals surface area contributed by atoms with Gasteiger partial charge in [-0.2, -0.15) is 0 Å². The molecule has 0 aromatic rings. The molecule has 0 aliphatic carbocycles. The van der Waals surface area contributed by atoms with Crippen molar-refractivity contribution in [3.05, 3.63) is 0 Å². The molecule has 0 heterocycles. The maximum Gasteiger partial charge on any atom is 0.337 e. The second kappa shape index (κ2) is 32.6. The maximum absolute atomic E-state index is 6.10. The lowest BCUT2D eigenvalue weighted by Crippen LogP contribution is -2.41. The summed E-state index contributed by atoms with van der Waals surface area (Å²) >= 11 is 0. The van der Waals surface area contributed by atoms with Gasteiger partial charge in [-0.15, -0.1) is 0 Å². The lowest BCUT2D eigenvalue weighted by atomic mass is 10.0. The maximum atomic E-state index is 6.10. The van der Waals surface area contributed by atoms with Gasteiger partial charge in [-0.05, 0) is 25.9 Å². The fraction of sp³-hybridized carbons (Fsp3) is 1.00. The van der Waals surface area contributed by atoms with E-state index < -0.39 is 8.56 Å². The summed E-state index contributed by atoms with van der Waals surface area (Å²) in [5, 5.41) is 0. The SMILES string of the molecule is CCCCCCCCCCCCCCCCCCCCCCCCCCCCCC[Si](CC)(OCC)OCC. The lowest BCUT2D eigenvalue weighted by Gasteiger charge is -2.28. The summed E-state index contributed by atoms with van der Waals surface area (Å²) in [7, 11) is -1.89. The van der Waals surface area contributed by atoms with Crippen molar-refractivity contribution in [3.8, 4) is 0 Å². The van der Waals surface area contributed by atoms with Crippen LogP contribution in [0.5, 0.6) is 0 Å². The molecule has 0 atom stereocenters. The molecule has 0 fully saturated rings. The minimum atomic E-state index is -1.89. The zero-order chi connectivity index (χ0) is 28.5. The fourth-order valence-corrected chi connectivity index (χ4v) is 9.13.